The number of nitrogens with one attached hydrogen (secondary N) is 2. The Kier molecular flexibility index (Phi) is 7.91. The van der Waals surface area contributed by atoms with Crippen LogP contribution in [0.15, 0.2) is 60.7 Å². The van der Waals surface area contributed by atoms with Gasteiger partial charge in [0.2, 0.25) is 11.8 Å². The van der Waals surface area contributed by atoms with Gasteiger partial charge in [-0.15, -0.1) is 12.4 Å². The third-order valence-corrected chi connectivity index (χ3v) is 6.26. The highest BCUT2D eigenvalue weighted by Gasteiger charge is 2.32. The minimum Gasteiger partial charge on any atom is -0.478 e. The van der Waals surface area contributed by atoms with E-state index in [1.807, 2.05) is 42.5 Å². The summed E-state index contributed by atoms with van der Waals surface area (Å²) in [5, 5.41) is 16.8. The molecule has 0 fully saturated rings. The second kappa shape index (κ2) is 10.7. The quantitative estimate of drug-likeness (QED) is 0.500. The van der Waals surface area contributed by atoms with Crippen molar-refractivity contribution in [2.45, 2.75) is 38.4 Å². The number of aromatic carboxylic acids is 1. The Balaban J connectivity index is 0.00000324. The zero-order valence-electron chi connectivity index (χ0n) is 19.1. The third-order valence-electron chi connectivity index (χ3n) is 6.26. The van der Waals surface area contributed by atoms with Crippen molar-refractivity contribution >= 4 is 46.7 Å². The summed E-state index contributed by atoms with van der Waals surface area (Å²) in [7, 11) is 1.70. The van der Waals surface area contributed by atoms with Gasteiger partial charge in [0.15, 0.2) is 0 Å². The van der Waals surface area contributed by atoms with Crippen LogP contribution >= 0.6 is 12.4 Å². The standard InChI is InChI=1S/C26H27N3O4.ClH/c1-16(27-2)24(30)28-22-14-13-17-7-3-4-12-23(17)29(25(22)31)15-18-8-5-10-20-19(18)9-6-11-21(20)26(32)33;/h3-12,16,22,27H,13-15H2,1-2H3,(H,28,30)(H,32,33);1H. The lowest BCUT2D eigenvalue weighted by Crippen LogP contribution is -2.52. The van der Waals surface area contributed by atoms with Crippen molar-refractivity contribution in [1.29, 1.82) is 0 Å². The van der Waals surface area contributed by atoms with Crippen LogP contribution in [0.5, 0.6) is 0 Å². The third kappa shape index (κ3) is 4.90. The fraction of sp³-hybridized carbons (Fsp3) is 0.269. The summed E-state index contributed by atoms with van der Waals surface area (Å²) in [5.74, 6) is -1.39. The topological polar surface area (TPSA) is 98.7 Å². The molecular weight excluding hydrogens is 454 g/mol. The van der Waals surface area contributed by atoms with Crippen LogP contribution in [0, 0.1) is 0 Å². The number of rotatable bonds is 6. The lowest BCUT2D eigenvalue weighted by Gasteiger charge is -2.27. The van der Waals surface area contributed by atoms with Crippen LogP contribution in [0.4, 0.5) is 5.69 Å². The molecule has 1 aliphatic heterocycles. The summed E-state index contributed by atoms with van der Waals surface area (Å²) in [4.78, 5) is 39.6. The van der Waals surface area contributed by atoms with Crippen LogP contribution in [-0.4, -0.2) is 42.0 Å². The minimum absolute atomic E-state index is 0. The molecule has 4 rings (SSSR count). The first-order valence-corrected chi connectivity index (χ1v) is 11.0. The monoisotopic (exact) mass is 481 g/mol. The first-order chi connectivity index (χ1) is 15.9. The van der Waals surface area contributed by atoms with E-state index in [0.29, 0.717) is 18.2 Å². The van der Waals surface area contributed by atoms with Crippen molar-refractivity contribution in [3.8, 4) is 0 Å². The van der Waals surface area contributed by atoms with E-state index in [2.05, 4.69) is 10.6 Å². The first-order valence-electron chi connectivity index (χ1n) is 11.0. The van der Waals surface area contributed by atoms with Crippen molar-refractivity contribution < 1.29 is 19.5 Å². The minimum atomic E-state index is -0.990. The molecule has 2 atom stereocenters. The summed E-state index contributed by atoms with van der Waals surface area (Å²) < 4.78 is 0. The molecule has 0 bridgehead atoms. The average Bonchev–Trinajstić information content (AvgIpc) is 2.95. The van der Waals surface area contributed by atoms with Gasteiger partial charge < -0.3 is 20.6 Å². The van der Waals surface area contributed by atoms with Gasteiger partial charge in [-0.1, -0.05) is 48.5 Å². The smallest absolute Gasteiger partial charge is 0.336 e. The number of hydrogen-bond acceptors (Lipinski definition) is 4. The number of halogens is 1. The molecule has 0 radical (unpaired) electrons. The number of likely N-dealkylation sites (N-methyl/N-ethyl adjacent to an activating group) is 1. The Bertz CT molecular complexity index is 1230. The zero-order chi connectivity index (χ0) is 23.5. The molecule has 1 heterocycles. The van der Waals surface area contributed by atoms with Crippen LogP contribution in [0.25, 0.3) is 10.8 Å². The highest BCUT2D eigenvalue weighted by Crippen LogP contribution is 2.31. The molecule has 0 aromatic heterocycles. The first kappa shape index (κ1) is 25.2. The lowest BCUT2D eigenvalue weighted by atomic mass is 9.99. The van der Waals surface area contributed by atoms with E-state index in [4.69, 9.17) is 0 Å². The number of hydrogen-bond donors (Lipinski definition) is 3. The number of carbonyl (C=O) groups excluding carboxylic acids is 2. The molecule has 0 aliphatic carbocycles. The fourth-order valence-corrected chi connectivity index (χ4v) is 4.31. The molecule has 34 heavy (non-hydrogen) atoms. The van der Waals surface area contributed by atoms with E-state index >= 15 is 0 Å². The molecule has 0 saturated heterocycles. The molecule has 8 heteroatoms. The maximum absolute atomic E-state index is 13.7. The molecule has 0 spiro atoms. The Hall–Kier alpha value is -3.42. The predicted molar refractivity (Wildman–Crippen MR) is 135 cm³/mol. The van der Waals surface area contributed by atoms with Crippen molar-refractivity contribution in [3.05, 3.63) is 77.4 Å². The summed E-state index contributed by atoms with van der Waals surface area (Å²) in [6.07, 6.45) is 1.17. The maximum Gasteiger partial charge on any atom is 0.336 e. The van der Waals surface area contributed by atoms with Crippen molar-refractivity contribution in [1.82, 2.24) is 10.6 Å². The van der Waals surface area contributed by atoms with E-state index < -0.39 is 18.1 Å². The lowest BCUT2D eigenvalue weighted by molar-refractivity contribution is -0.128. The normalized spacial score (nSPS) is 16.2. The number of aryl methyl sites for hydroxylation is 1. The number of fused-ring (bicyclic) bond motifs is 2. The van der Waals surface area contributed by atoms with E-state index in [-0.39, 0.29) is 36.3 Å². The molecule has 0 saturated carbocycles. The summed E-state index contributed by atoms with van der Waals surface area (Å²) in [6.45, 7) is 2.02. The van der Waals surface area contributed by atoms with Gasteiger partial charge in [0.1, 0.15) is 6.04 Å². The van der Waals surface area contributed by atoms with Crippen LogP contribution in [-0.2, 0) is 22.6 Å². The van der Waals surface area contributed by atoms with Gasteiger partial charge in [0, 0.05) is 5.69 Å². The van der Waals surface area contributed by atoms with Gasteiger partial charge in [-0.3, -0.25) is 9.59 Å². The average molecular weight is 482 g/mol. The van der Waals surface area contributed by atoms with Gasteiger partial charge in [0.05, 0.1) is 18.2 Å². The maximum atomic E-state index is 13.7. The number of para-hydroxylation sites is 1. The Labute approximate surface area is 204 Å². The van der Waals surface area contributed by atoms with E-state index in [0.717, 1.165) is 22.2 Å². The predicted octanol–water partition coefficient (Wildman–Crippen LogP) is 3.53. The van der Waals surface area contributed by atoms with Gasteiger partial charge in [-0.25, -0.2) is 4.79 Å². The van der Waals surface area contributed by atoms with Crippen LogP contribution in [0.3, 0.4) is 0 Å². The van der Waals surface area contributed by atoms with Gasteiger partial charge in [-0.2, -0.15) is 0 Å². The van der Waals surface area contributed by atoms with E-state index in [9.17, 15) is 19.5 Å². The van der Waals surface area contributed by atoms with Gasteiger partial charge in [-0.05, 0) is 60.8 Å². The van der Waals surface area contributed by atoms with Crippen LogP contribution in [0.2, 0.25) is 0 Å². The van der Waals surface area contributed by atoms with E-state index in [1.54, 1.807) is 37.1 Å². The van der Waals surface area contributed by atoms with E-state index in [1.165, 1.54) is 0 Å². The number of anilines is 1. The van der Waals surface area contributed by atoms with Crippen molar-refractivity contribution in [2.24, 2.45) is 0 Å². The number of amides is 2. The Morgan fingerprint density at radius 1 is 1.06 bits per heavy atom. The zero-order valence-corrected chi connectivity index (χ0v) is 19.9. The molecule has 7 nitrogen and oxygen atoms in total. The number of carboxylic acid groups (broad SMARTS) is 1. The molecule has 3 aromatic rings. The number of nitrogens with zero attached hydrogens (tertiary/aromatic N) is 1. The molecule has 3 N–H and O–H groups in total. The van der Waals surface area contributed by atoms with Crippen molar-refractivity contribution in [2.75, 3.05) is 11.9 Å². The fourth-order valence-electron chi connectivity index (χ4n) is 4.31. The number of benzene rings is 3. The Morgan fingerprint density at radius 2 is 1.76 bits per heavy atom. The van der Waals surface area contributed by atoms with Crippen LogP contribution < -0.4 is 15.5 Å². The second-order valence-electron chi connectivity index (χ2n) is 8.29. The van der Waals surface area contributed by atoms with Crippen LogP contribution in [0.1, 0.15) is 34.8 Å². The molecule has 2 amide bonds. The highest BCUT2D eigenvalue weighted by molar-refractivity contribution is 6.05. The van der Waals surface area contributed by atoms with Gasteiger partial charge in [0.25, 0.3) is 0 Å². The number of carboxylic acids is 1. The second-order valence-corrected chi connectivity index (χ2v) is 8.29. The van der Waals surface area contributed by atoms with Crippen molar-refractivity contribution in [3.63, 3.8) is 0 Å². The summed E-state index contributed by atoms with van der Waals surface area (Å²) in [5.41, 5.74) is 2.92. The molecule has 2 unspecified atom stereocenters. The SMILES string of the molecule is CNC(C)C(=O)NC1CCc2ccccc2N(Cc2cccc3c(C(=O)O)cccc23)C1=O.Cl. The van der Waals surface area contributed by atoms with Gasteiger partial charge >= 0.3 is 5.97 Å². The molecule has 178 valence electrons. The molecule has 3 aromatic carbocycles. The Morgan fingerprint density at radius 3 is 2.50 bits per heavy atom. The summed E-state index contributed by atoms with van der Waals surface area (Å²) >= 11 is 0. The molecule has 1 aliphatic rings. The summed E-state index contributed by atoms with van der Waals surface area (Å²) in [6, 6.07) is 17.4. The number of carbonyl (C=O) groups is 3. The highest BCUT2D eigenvalue weighted by atomic mass is 35.5. The largest absolute Gasteiger partial charge is 0.478 e. The molecular formula is C26H28ClN3O4.